The molecular weight excluding hydrogens is 264 g/mol. The summed E-state index contributed by atoms with van der Waals surface area (Å²) in [4.78, 5) is 28.1. The van der Waals surface area contributed by atoms with Crippen LogP contribution in [0.25, 0.3) is 0 Å². The first-order valence-electron chi connectivity index (χ1n) is 8.07. The number of hydrogen-bond donors (Lipinski definition) is 0. The Morgan fingerprint density at radius 3 is 2.14 bits per heavy atom. The Labute approximate surface area is 130 Å². The van der Waals surface area contributed by atoms with Gasteiger partial charge in [-0.15, -0.1) is 0 Å². The standard InChI is InChI=1S/C17H32N2O2/c1-7-14(4)13-16(20)17(21)15(5)18(6)11-10-12-19(8-2)9-3/h14H,5,7-13H2,1-4,6H3. The number of carbonyl (C=O) groups excluding carboxylic acids is 2. The number of ketones is 2. The van der Waals surface area contributed by atoms with Crippen molar-refractivity contribution < 1.29 is 9.59 Å². The van der Waals surface area contributed by atoms with Gasteiger partial charge >= 0.3 is 0 Å². The Kier molecular flexibility index (Phi) is 9.97. The van der Waals surface area contributed by atoms with E-state index in [-0.39, 0.29) is 11.7 Å². The van der Waals surface area contributed by atoms with Crippen molar-refractivity contribution in [2.24, 2.45) is 5.92 Å². The number of carbonyl (C=O) groups is 2. The van der Waals surface area contributed by atoms with Gasteiger partial charge in [0.1, 0.15) is 0 Å². The minimum Gasteiger partial charge on any atom is -0.372 e. The second-order valence-corrected chi connectivity index (χ2v) is 5.72. The van der Waals surface area contributed by atoms with Crippen molar-refractivity contribution in [2.75, 3.05) is 33.2 Å². The number of Topliss-reactive ketones (excluding diaryl/α,β-unsaturated/α-hetero) is 2. The largest absolute Gasteiger partial charge is 0.372 e. The van der Waals surface area contributed by atoms with Gasteiger partial charge < -0.3 is 9.80 Å². The first-order valence-corrected chi connectivity index (χ1v) is 8.07. The van der Waals surface area contributed by atoms with Crippen molar-refractivity contribution in [2.45, 2.75) is 47.0 Å². The van der Waals surface area contributed by atoms with Gasteiger partial charge in [-0.3, -0.25) is 9.59 Å². The molecule has 0 aromatic carbocycles. The van der Waals surface area contributed by atoms with E-state index in [1.807, 2.05) is 20.9 Å². The third kappa shape index (κ3) is 7.42. The highest BCUT2D eigenvalue weighted by Crippen LogP contribution is 2.11. The lowest BCUT2D eigenvalue weighted by Crippen LogP contribution is -2.31. The highest BCUT2D eigenvalue weighted by molar-refractivity contribution is 6.43. The summed E-state index contributed by atoms with van der Waals surface area (Å²) in [5, 5.41) is 0. The van der Waals surface area contributed by atoms with E-state index in [2.05, 4.69) is 25.3 Å². The van der Waals surface area contributed by atoms with Crippen LogP contribution in [0, 0.1) is 5.92 Å². The number of rotatable bonds is 12. The molecule has 0 fully saturated rings. The molecule has 0 radical (unpaired) electrons. The van der Waals surface area contributed by atoms with E-state index in [4.69, 9.17) is 0 Å². The third-order valence-corrected chi connectivity index (χ3v) is 4.07. The molecule has 122 valence electrons. The van der Waals surface area contributed by atoms with Crippen LogP contribution in [-0.2, 0) is 9.59 Å². The fourth-order valence-electron chi connectivity index (χ4n) is 2.09. The second kappa shape index (κ2) is 10.6. The van der Waals surface area contributed by atoms with Crippen LogP contribution >= 0.6 is 0 Å². The first-order chi connectivity index (χ1) is 9.87. The SMILES string of the molecule is C=C(C(=O)C(=O)CC(C)CC)N(C)CCCN(CC)CC. The smallest absolute Gasteiger partial charge is 0.243 e. The molecule has 0 spiro atoms. The van der Waals surface area contributed by atoms with E-state index in [0.29, 0.717) is 12.1 Å². The second-order valence-electron chi connectivity index (χ2n) is 5.72. The number of hydrogen-bond acceptors (Lipinski definition) is 4. The fraction of sp³-hybridized carbons (Fsp3) is 0.765. The zero-order valence-electron chi connectivity index (χ0n) is 14.4. The van der Waals surface area contributed by atoms with Gasteiger partial charge in [0, 0.05) is 20.0 Å². The van der Waals surface area contributed by atoms with Gasteiger partial charge in [0.2, 0.25) is 11.6 Å². The maximum Gasteiger partial charge on any atom is 0.243 e. The van der Waals surface area contributed by atoms with Crippen LogP contribution in [0.4, 0.5) is 0 Å². The molecule has 0 N–H and O–H groups in total. The minimum atomic E-state index is -0.430. The van der Waals surface area contributed by atoms with Crippen molar-refractivity contribution in [1.82, 2.24) is 9.80 Å². The summed E-state index contributed by atoms with van der Waals surface area (Å²) in [5.74, 6) is -0.493. The number of allylic oxidation sites excluding steroid dienone is 1. The van der Waals surface area contributed by atoms with Crippen LogP contribution in [0.15, 0.2) is 12.3 Å². The average Bonchev–Trinajstić information content (AvgIpc) is 2.49. The molecule has 0 aromatic heterocycles. The minimum absolute atomic E-state index is 0.252. The van der Waals surface area contributed by atoms with Crippen LogP contribution < -0.4 is 0 Å². The van der Waals surface area contributed by atoms with Crippen molar-refractivity contribution in [3.05, 3.63) is 12.3 Å². The maximum absolute atomic E-state index is 12.0. The van der Waals surface area contributed by atoms with E-state index >= 15 is 0 Å². The average molecular weight is 296 g/mol. The molecule has 0 saturated carbocycles. The summed E-state index contributed by atoms with van der Waals surface area (Å²) in [6, 6.07) is 0. The van der Waals surface area contributed by atoms with Gasteiger partial charge in [0.25, 0.3) is 0 Å². The zero-order chi connectivity index (χ0) is 16.4. The summed E-state index contributed by atoms with van der Waals surface area (Å²) in [7, 11) is 1.83. The lowest BCUT2D eigenvalue weighted by Gasteiger charge is -2.23. The first kappa shape index (κ1) is 19.8. The summed E-state index contributed by atoms with van der Waals surface area (Å²) in [5.41, 5.74) is 0.322. The van der Waals surface area contributed by atoms with Crippen molar-refractivity contribution >= 4 is 11.6 Å². The van der Waals surface area contributed by atoms with Gasteiger partial charge in [-0.25, -0.2) is 0 Å². The molecule has 0 aliphatic rings. The van der Waals surface area contributed by atoms with E-state index in [1.165, 1.54) is 0 Å². The van der Waals surface area contributed by atoms with Crippen LogP contribution in [0.3, 0.4) is 0 Å². The van der Waals surface area contributed by atoms with E-state index in [9.17, 15) is 9.59 Å². The van der Waals surface area contributed by atoms with Crippen molar-refractivity contribution in [3.8, 4) is 0 Å². The maximum atomic E-state index is 12.0. The molecule has 0 bridgehead atoms. The van der Waals surface area contributed by atoms with Crippen LogP contribution in [0.1, 0.15) is 47.0 Å². The molecular formula is C17H32N2O2. The Balaban J connectivity index is 4.24. The lowest BCUT2D eigenvalue weighted by molar-refractivity contribution is -0.135. The molecule has 0 rings (SSSR count). The molecule has 21 heavy (non-hydrogen) atoms. The van der Waals surface area contributed by atoms with Gasteiger partial charge in [0.05, 0.1) is 5.70 Å². The molecule has 0 heterocycles. The van der Waals surface area contributed by atoms with Crippen molar-refractivity contribution in [1.29, 1.82) is 0 Å². The van der Waals surface area contributed by atoms with Crippen molar-refractivity contribution in [3.63, 3.8) is 0 Å². The molecule has 4 heteroatoms. The molecule has 0 saturated heterocycles. The fourth-order valence-corrected chi connectivity index (χ4v) is 2.09. The summed E-state index contributed by atoms with van der Waals surface area (Å²) < 4.78 is 0. The van der Waals surface area contributed by atoms with Gasteiger partial charge in [-0.05, 0) is 32.0 Å². The lowest BCUT2D eigenvalue weighted by atomic mass is 9.99. The summed E-state index contributed by atoms with van der Waals surface area (Å²) in [6.45, 7) is 15.9. The Morgan fingerprint density at radius 2 is 1.67 bits per heavy atom. The molecule has 4 nitrogen and oxygen atoms in total. The van der Waals surface area contributed by atoms with E-state index in [0.717, 1.165) is 39.0 Å². The zero-order valence-corrected chi connectivity index (χ0v) is 14.4. The quantitative estimate of drug-likeness (QED) is 0.410. The van der Waals surface area contributed by atoms with E-state index < -0.39 is 5.78 Å². The third-order valence-electron chi connectivity index (χ3n) is 4.07. The predicted octanol–water partition coefficient (Wildman–Crippen LogP) is 2.74. The molecule has 1 unspecified atom stereocenters. The highest BCUT2D eigenvalue weighted by atomic mass is 16.2. The summed E-state index contributed by atoms with van der Waals surface area (Å²) in [6.07, 6.45) is 2.19. The predicted molar refractivity (Wildman–Crippen MR) is 88.3 cm³/mol. The molecule has 0 aromatic rings. The normalized spacial score (nSPS) is 12.3. The number of nitrogens with zero attached hydrogens (tertiary/aromatic N) is 2. The molecule has 0 aliphatic heterocycles. The monoisotopic (exact) mass is 296 g/mol. The number of likely N-dealkylation sites (N-methyl/N-ethyl adjacent to an activating group) is 1. The summed E-state index contributed by atoms with van der Waals surface area (Å²) >= 11 is 0. The Bertz CT molecular complexity index is 349. The van der Waals surface area contributed by atoms with E-state index in [1.54, 1.807) is 4.90 Å². The topological polar surface area (TPSA) is 40.6 Å². The Hall–Kier alpha value is -1.16. The van der Waals surface area contributed by atoms with Gasteiger partial charge in [-0.1, -0.05) is 40.7 Å². The molecule has 0 amide bonds. The van der Waals surface area contributed by atoms with Crippen LogP contribution in [-0.4, -0.2) is 54.6 Å². The molecule has 0 aliphatic carbocycles. The highest BCUT2D eigenvalue weighted by Gasteiger charge is 2.21. The van der Waals surface area contributed by atoms with Gasteiger partial charge in [-0.2, -0.15) is 0 Å². The molecule has 1 atom stereocenters. The van der Waals surface area contributed by atoms with Crippen LogP contribution in [0.5, 0.6) is 0 Å². The Morgan fingerprint density at radius 1 is 1.10 bits per heavy atom. The van der Waals surface area contributed by atoms with Gasteiger partial charge in [0.15, 0.2) is 0 Å². The van der Waals surface area contributed by atoms with Crippen LogP contribution in [0.2, 0.25) is 0 Å².